The minimum Gasteiger partial charge on any atom is -0.321 e. The summed E-state index contributed by atoms with van der Waals surface area (Å²) < 4.78 is 0. The Morgan fingerprint density at radius 1 is 1.33 bits per heavy atom. The maximum Gasteiger partial charge on any atom is 0.244 e. The zero-order valence-corrected chi connectivity index (χ0v) is 13.5. The van der Waals surface area contributed by atoms with E-state index in [-0.39, 0.29) is 12.1 Å². The SMILES string of the molecule is CCC1(C)NC(c2ccc(C)cc2)N(CC2CC2C)C1=O. The minimum absolute atomic E-state index is 0.0239. The third-order valence-electron chi connectivity index (χ3n) is 5.31. The van der Waals surface area contributed by atoms with Crippen molar-refractivity contribution >= 4 is 5.91 Å². The molecule has 0 radical (unpaired) electrons. The lowest BCUT2D eigenvalue weighted by Crippen LogP contribution is -2.43. The second-order valence-corrected chi connectivity index (χ2v) is 7.07. The molecule has 4 unspecified atom stereocenters. The molecular formula is C18H26N2O. The first-order valence-corrected chi connectivity index (χ1v) is 8.10. The zero-order valence-electron chi connectivity index (χ0n) is 13.5. The van der Waals surface area contributed by atoms with Gasteiger partial charge >= 0.3 is 0 Å². The average Bonchev–Trinajstić information content (AvgIpc) is 3.11. The summed E-state index contributed by atoms with van der Waals surface area (Å²) in [4.78, 5) is 14.9. The number of hydrogen-bond acceptors (Lipinski definition) is 2. The summed E-state index contributed by atoms with van der Waals surface area (Å²) in [6.45, 7) is 9.38. The Bertz CT molecular complexity index is 539. The lowest BCUT2D eigenvalue weighted by molar-refractivity contribution is -0.133. The molecule has 3 heteroatoms. The van der Waals surface area contributed by atoms with Crippen LogP contribution in [0.4, 0.5) is 0 Å². The molecule has 1 saturated heterocycles. The van der Waals surface area contributed by atoms with Crippen molar-refractivity contribution in [3.63, 3.8) is 0 Å². The van der Waals surface area contributed by atoms with E-state index in [1.807, 2.05) is 6.92 Å². The van der Waals surface area contributed by atoms with E-state index < -0.39 is 5.54 Å². The Hall–Kier alpha value is -1.35. The van der Waals surface area contributed by atoms with Crippen LogP contribution < -0.4 is 5.32 Å². The van der Waals surface area contributed by atoms with Gasteiger partial charge in [0, 0.05) is 6.54 Å². The van der Waals surface area contributed by atoms with Gasteiger partial charge < -0.3 is 4.90 Å². The van der Waals surface area contributed by atoms with Gasteiger partial charge in [-0.3, -0.25) is 10.1 Å². The van der Waals surface area contributed by atoms with Crippen molar-refractivity contribution in [1.82, 2.24) is 10.2 Å². The number of carbonyl (C=O) groups excluding carboxylic acids is 1. The highest BCUT2D eigenvalue weighted by Gasteiger charge is 2.49. The molecule has 1 aromatic rings. The first-order chi connectivity index (χ1) is 9.94. The lowest BCUT2D eigenvalue weighted by Gasteiger charge is -2.24. The molecule has 1 saturated carbocycles. The Morgan fingerprint density at radius 3 is 2.48 bits per heavy atom. The van der Waals surface area contributed by atoms with Crippen LogP contribution in [0.5, 0.6) is 0 Å². The number of benzene rings is 1. The van der Waals surface area contributed by atoms with Crippen LogP contribution in [0.2, 0.25) is 0 Å². The van der Waals surface area contributed by atoms with Crippen molar-refractivity contribution in [2.24, 2.45) is 11.8 Å². The highest BCUT2D eigenvalue weighted by Crippen LogP contribution is 2.42. The third kappa shape index (κ3) is 2.59. The summed E-state index contributed by atoms with van der Waals surface area (Å²) in [5.74, 6) is 1.71. The van der Waals surface area contributed by atoms with E-state index in [9.17, 15) is 4.79 Å². The minimum atomic E-state index is -0.423. The molecule has 0 bridgehead atoms. The normalized spacial score (nSPS) is 35.3. The molecule has 1 aliphatic carbocycles. The van der Waals surface area contributed by atoms with E-state index in [0.717, 1.165) is 18.9 Å². The van der Waals surface area contributed by atoms with Gasteiger partial charge in [0.25, 0.3) is 0 Å². The molecule has 2 aliphatic rings. The molecule has 1 aliphatic heterocycles. The molecule has 114 valence electrons. The van der Waals surface area contributed by atoms with E-state index in [2.05, 4.69) is 55.3 Å². The van der Waals surface area contributed by atoms with Crippen molar-refractivity contribution in [3.8, 4) is 0 Å². The molecule has 1 amide bonds. The van der Waals surface area contributed by atoms with Crippen molar-refractivity contribution in [2.45, 2.75) is 52.2 Å². The highest BCUT2D eigenvalue weighted by molar-refractivity contribution is 5.88. The van der Waals surface area contributed by atoms with Crippen molar-refractivity contribution < 1.29 is 4.79 Å². The van der Waals surface area contributed by atoms with Gasteiger partial charge in [-0.05, 0) is 44.1 Å². The van der Waals surface area contributed by atoms with Crippen molar-refractivity contribution in [2.75, 3.05) is 6.54 Å². The Balaban J connectivity index is 1.88. The van der Waals surface area contributed by atoms with Gasteiger partial charge in [0.1, 0.15) is 6.17 Å². The predicted molar refractivity (Wildman–Crippen MR) is 84.7 cm³/mol. The molecule has 21 heavy (non-hydrogen) atoms. The van der Waals surface area contributed by atoms with Gasteiger partial charge in [-0.15, -0.1) is 0 Å². The summed E-state index contributed by atoms with van der Waals surface area (Å²) in [6.07, 6.45) is 2.11. The molecule has 3 nitrogen and oxygen atoms in total. The van der Waals surface area contributed by atoms with Gasteiger partial charge in [0.15, 0.2) is 0 Å². The van der Waals surface area contributed by atoms with Crippen LogP contribution in [0.3, 0.4) is 0 Å². The quantitative estimate of drug-likeness (QED) is 0.921. The van der Waals surface area contributed by atoms with Crippen molar-refractivity contribution in [3.05, 3.63) is 35.4 Å². The highest BCUT2D eigenvalue weighted by atomic mass is 16.2. The Morgan fingerprint density at radius 2 is 1.95 bits per heavy atom. The number of aryl methyl sites for hydroxylation is 1. The number of rotatable bonds is 4. The van der Waals surface area contributed by atoms with Crippen LogP contribution >= 0.6 is 0 Å². The van der Waals surface area contributed by atoms with Gasteiger partial charge in [-0.2, -0.15) is 0 Å². The fourth-order valence-corrected chi connectivity index (χ4v) is 3.24. The van der Waals surface area contributed by atoms with E-state index in [1.54, 1.807) is 0 Å². The molecule has 0 spiro atoms. The van der Waals surface area contributed by atoms with Crippen LogP contribution in [0.25, 0.3) is 0 Å². The van der Waals surface area contributed by atoms with E-state index in [4.69, 9.17) is 0 Å². The molecule has 4 atom stereocenters. The smallest absolute Gasteiger partial charge is 0.244 e. The summed E-state index contributed by atoms with van der Waals surface area (Å²) >= 11 is 0. The maximum atomic E-state index is 12.8. The van der Waals surface area contributed by atoms with Crippen LogP contribution in [-0.4, -0.2) is 22.9 Å². The Labute approximate surface area is 127 Å². The zero-order chi connectivity index (χ0) is 15.2. The fraction of sp³-hybridized carbons (Fsp3) is 0.611. The average molecular weight is 286 g/mol. The Kier molecular flexibility index (Phi) is 3.56. The largest absolute Gasteiger partial charge is 0.321 e. The molecule has 2 fully saturated rings. The van der Waals surface area contributed by atoms with E-state index in [0.29, 0.717) is 5.92 Å². The maximum absolute atomic E-state index is 12.8. The predicted octanol–water partition coefficient (Wildman–Crippen LogP) is 3.25. The second kappa shape index (κ2) is 5.13. The molecule has 1 heterocycles. The summed E-state index contributed by atoms with van der Waals surface area (Å²) in [6, 6.07) is 8.54. The molecule has 3 rings (SSSR count). The van der Waals surface area contributed by atoms with E-state index >= 15 is 0 Å². The number of nitrogens with zero attached hydrogens (tertiary/aromatic N) is 1. The molecule has 0 aromatic heterocycles. The summed E-state index contributed by atoms with van der Waals surface area (Å²) in [5.41, 5.74) is 2.02. The summed E-state index contributed by atoms with van der Waals surface area (Å²) in [7, 11) is 0. The molecular weight excluding hydrogens is 260 g/mol. The topological polar surface area (TPSA) is 32.3 Å². The molecule has 1 aromatic carbocycles. The van der Waals surface area contributed by atoms with Crippen molar-refractivity contribution in [1.29, 1.82) is 0 Å². The van der Waals surface area contributed by atoms with Gasteiger partial charge in [-0.1, -0.05) is 43.7 Å². The van der Waals surface area contributed by atoms with Gasteiger partial charge in [-0.25, -0.2) is 0 Å². The van der Waals surface area contributed by atoms with Crippen LogP contribution in [0.1, 0.15) is 50.9 Å². The summed E-state index contributed by atoms with van der Waals surface area (Å²) in [5, 5.41) is 3.58. The monoisotopic (exact) mass is 286 g/mol. The standard InChI is InChI=1S/C18H26N2O/c1-5-18(4)17(21)20(11-15-10-13(15)3)16(19-18)14-8-6-12(2)7-9-14/h6-9,13,15-16,19H,5,10-11H2,1-4H3. The van der Waals surface area contributed by atoms with E-state index in [1.165, 1.54) is 17.5 Å². The number of nitrogens with one attached hydrogen (secondary N) is 1. The van der Waals surface area contributed by atoms with Gasteiger partial charge in [0.2, 0.25) is 5.91 Å². The van der Waals surface area contributed by atoms with Crippen LogP contribution in [-0.2, 0) is 4.79 Å². The van der Waals surface area contributed by atoms with Crippen LogP contribution in [0, 0.1) is 18.8 Å². The van der Waals surface area contributed by atoms with Crippen LogP contribution in [0.15, 0.2) is 24.3 Å². The number of amides is 1. The fourth-order valence-electron chi connectivity index (χ4n) is 3.24. The second-order valence-electron chi connectivity index (χ2n) is 7.07. The van der Waals surface area contributed by atoms with Gasteiger partial charge in [0.05, 0.1) is 5.54 Å². The molecule has 1 N–H and O–H groups in total. The lowest BCUT2D eigenvalue weighted by atomic mass is 9.99. The first-order valence-electron chi connectivity index (χ1n) is 8.10. The third-order valence-corrected chi connectivity index (χ3v) is 5.31. The number of carbonyl (C=O) groups is 1. The first kappa shape index (κ1) is 14.6. The number of hydrogen-bond donors (Lipinski definition) is 1.